The van der Waals surface area contributed by atoms with Gasteiger partial charge in [0.05, 0.1) is 11.5 Å². The van der Waals surface area contributed by atoms with Crippen LogP contribution in [0.2, 0.25) is 0 Å². The van der Waals surface area contributed by atoms with Crippen LogP contribution in [-0.2, 0) is 19.4 Å². The number of allylic oxidation sites excluding steroid dienone is 2. The summed E-state index contributed by atoms with van der Waals surface area (Å²) in [5, 5.41) is 1.38. The van der Waals surface area contributed by atoms with E-state index in [1.807, 2.05) is 24.4 Å². The minimum atomic E-state index is -4.06. The summed E-state index contributed by atoms with van der Waals surface area (Å²) in [7, 11) is -4.06. The first-order valence-corrected chi connectivity index (χ1v) is 12.5. The van der Waals surface area contributed by atoms with Gasteiger partial charge in [0.15, 0.2) is 4.91 Å². The van der Waals surface area contributed by atoms with Gasteiger partial charge in [0, 0.05) is 18.5 Å². The molecule has 0 radical (unpaired) electrons. The highest BCUT2D eigenvalue weighted by Crippen LogP contribution is 2.28. The van der Waals surface area contributed by atoms with Crippen molar-refractivity contribution < 1.29 is 17.9 Å². The second-order valence-corrected chi connectivity index (χ2v) is 9.20. The van der Waals surface area contributed by atoms with Crippen molar-refractivity contribution in [2.75, 3.05) is 19.7 Å². The van der Waals surface area contributed by atoms with Gasteiger partial charge in [-0.05, 0) is 49.6 Å². The van der Waals surface area contributed by atoms with Crippen LogP contribution in [0.3, 0.4) is 0 Å². The summed E-state index contributed by atoms with van der Waals surface area (Å²) in [5.41, 5.74) is 0. The molecule has 0 saturated carbocycles. The average Bonchev–Trinajstić information content (AvgIpc) is 2.77. The Labute approximate surface area is 186 Å². The molecular formula is C25H33NO4S. The third kappa shape index (κ3) is 6.69. The maximum atomic E-state index is 13.5. The first-order chi connectivity index (χ1) is 15.0. The zero-order chi connectivity index (χ0) is 22.7. The van der Waals surface area contributed by atoms with E-state index < -0.39 is 15.8 Å². The molecule has 0 spiro atoms. The number of nitrogens with zero attached hydrogens (tertiary/aromatic N) is 1. The van der Waals surface area contributed by atoms with Crippen LogP contribution in [0.5, 0.6) is 0 Å². The number of carbonyl (C=O) groups is 1. The molecule has 0 aromatic heterocycles. The van der Waals surface area contributed by atoms with Gasteiger partial charge >= 0.3 is 5.97 Å². The number of carbonyl (C=O) groups excluding carboxylic acids is 1. The fraction of sp³-hybridized carbons (Fsp3) is 0.400. The third-order valence-electron chi connectivity index (χ3n) is 4.95. The average molecular weight is 444 g/mol. The molecule has 0 fully saturated rings. The lowest BCUT2D eigenvalue weighted by molar-refractivity contribution is -0.137. The second kappa shape index (κ2) is 12.3. The van der Waals surface area contributed by atoms with Gasteiger partial charge in [-0.15, -0.1) is 0 Å². The summed E-state index contributed by atoms with van der Waals surface area (Å²) in [5.74, 6) is -0.839. The van der Waals surface area contributed by atoms with Crippen molar-refractivity contribution >= 4 is 26.6 Å². The molecule has 2 aromatic rings. The Morgan fingerprint density at radius 2 is 1.61 bits per heavy atom. The Morgan fingerprint density at radius 3 is 2.26 bits per heavy atom. The van der Waals surface area contributed by atoms with Gasteiger partial charge in [-0.3, -0.25) is 0 Å². The van der Waals surface area contributed by atoms with E-state index in [4.69, 9.17) is 4.74 Å². The molecule has 0 N–H and O–H groups in total. The minimum Gasteiger partial charge on any atom is -0.462 e. The highest BCUT2D eigenvalue weighted by Gasteiger charge is 2.29. The van der Waals surface area contributed by atoms with Gasteiger partial charge < -0.3 is 9.64 Å². The molecular weight excluding hydrogens is 410 g/mol. The maximum absolute atomic E-state index is 13.5. The zero-order valence-electron chi connectivity index (χ0n) is 18.7. The molecule has 0 aliphatic heterocycles. The molecule has 0 atom stereocenters. The summed E-state index contributed by atoms with van der Waals surface area (Å²) in [4.78, 5) is 14.5. The number of unbranched alkanes of at least 4 members (excludes halogenated alkanes) is 2. The van der Waals surface area contributed by atoms with Crippen molar-refractivity contribution in [3.63, 3.8) is 0 Å². The van der Waals surface area contributed by atoms with E-state index >= 15 is 0 Å². The summed E-state index contributed by atoms with van der Waals surface area (Å²) < 4.78 is 32.0. The molecule has 0 amide bonds. The molecule has 0 bridgehead atoms. The number of hydrogen-bond acceptors (Lipinski definition) is 5. The normalized spacial score (nSPS) is 12.4. The topological polar surface area (TPSA) is 63.7 Å². The van der Waals surface area contributed by atoms with Crippen molar-refractivity contribution in [1.29, 1.82) is 0 Å². The number of esters is 1. The fourth-order valence-electron chi connectivity index (χ4n) is 3.25. The summed E-state index contributed by atoms with van der Waals surface area (Å²) in [6, 6.07) is 12.3. The van der Waals surface area contributed by atoms with Gasteiger partial charge in [0.1, 0.15) is 0 Å². The van der Waals surface area contributed by atoms with E-state index in [0.29, 0.717) is 5.39 Å². The van der Waals surface area contributed by atoms with E-state index in [0.717, 1.165) is 44.2 Å². The molecule has 31 heavy (non-hydrogen) atoms. The van der Waals surface area contributed by atoms with Crippen LogP contribution in [0.4, 0.5) is 0 Å². The SMILES string of the molecule is CCCCN(C=CC=C(C(=O)OCC)S(=O)(=O)c1cccc2ccccc12)CCCC. The Balaban J connectivity index is 2.45. The van der Waals surface area contributed by atoms with E-state index in [1.54, 1.807) is 31.2 Å². The third-order valence-corrected chi connectivity index (χ3v) is 6.76. The molecule has 6 heteroatoms. The van der Waals surface area contributed by atoms with Crippen LogP contribution >= 0.6 is 0 Å². The van der Waals surface area contributed by atoms with Crippen LogP contribution < -0.4 is 0 Å². The van der Waals surface area contributed by atoms with E-state index in [-0.39, 0.29) is 16.4 Å². The lowest BCUT2D eigenvalue weighted by atomic mass is 10.1. The predicted molar refractivity (Wildman–Crippen MR) is 126 cm³/mol. The summed E-state index contributed by atoms with van der Waals surface area (Å²) in [6.07, 6.45) is 9.13. The highest BCUT2D eigenvalue weighted by molar-refractivity contribution is 7.96. The lowest BCUT2D eigenvalue weighted by Crippen LogP contribution is -2.20. The zero-order valence-corrected chi connectivity index (χ0v) is 19.5. The van der Waals surface area contributed by atoms with Crippen LogP contribution in [-0.4, -0.2) is 39.0 Å². The molecule has 0 aliphatic rings. The largest absolute Gasteiger partial charge is 0.462 e. The summed E-state index contributed by atoms with van der Waals surface area (Å²) in [6.45, 7) is 7.82. The van der Waals surface area contributed by atoms with Gasteiger partial charge in [-0.2, -0.15) is 0 Å². The fourth-order valence-corrected chi connectivity index (χ4v) is 4.76. The van der Waals surface area contributed by atoms with Crippen molar-refractivity contribution in [3.05, 3.63) is 65.7 Å². The smallest absolute Gasteiger partial charge is 0.350 e. The monoisotopic (exact) mass is 443 g/mol. The molecule has 5 nitrogen and oxygen atoms in total. The standard InChI is InChI=1S/C25H33NO4S/c1-4-7-18-26(19-8-5-2)20-12-17-24(25(27)30-6-3)31(28,29)23-16-11-14-21-13-9-10-15-22(21)23/h9-17,20H,4-8,18-19H2,1-3H3. The Bertz CT molecular complexity index is 1010. The Hall–Kier alpha value is -2.60. The van der Waals surface area contributed by atoms with Gasteiger partial charge in [0.2, 0.25) is 9.84 Å². The second-order valence-electron chi connectivity index (χ2n) is 7.32. The lowest BCUT2D eigenvalue weighted by Gasteiger charge is -2.19. The van der Waals surface area contributed by atoms with Gasteiger partial charge in [-0.25, -0.2) is 13.2 Å². The van der Waals surface area contributed by atoms with Crippen LogP contribution in [0.1, 0.15) is 46.5 Å². The number of fused-ring (bicyclic) bond motifs is 1. The quantitative estimate of drug-likeness (QED) is 0.247. The molecule has 168 valence electrons. The number of rotatable bonds is 12. The van der Waals surface area contributed by atoms with E-state index in [1.165, 1.54) is 12.1 Å². The molecule has 2 aromatic carbocycles. The first-order valence-electron chi connectivity index (χ1n) is 11.0. The molecule has 0 aliphatic carbocycles. The highest BCUT2D eigenvalue weighted by atomic mass is 32.2. The van der Waals surface area contributed by atoms with Crippen LogP contribution in [0, 0.1) is 0 Å². The Morgan fingerprint density at radius 1 is 0.968 bits per heavy atom. The van der Waals surface area contributed by atoms with Gasteiger partial charge in [0.25, 0.3) is 0 Å². The van der Waals surface area contributed by atoms with Crippen molar-refractivity contribution in [2.45, 2.75) is 51.3 Å². The van der Waals surface area contributed by atoms with E-state index in [2.05, 4.69) is 18.7 Å². The Kier molecular flexibility index (Phi) is 9.79. The minimum absolute atomic E-state index is 0.101. The predicted octanol–water partition coefficient (Wildman–Crippen LogP) is 5.48. The van der Waals surface area contributed by atoms with Crippen LogP contribution in [0.15, 0.2) is 70.6 Å². The molecule has 0 saturated heterocycles. The van der Waals surface area contributed by atoms with Crippen molar-refractivity contribution in [2.24, 2.45) is 0 Å². The van der Waals surface area contributed by atoms with Crippen molar-refractivity contribution in [1.82, 2.24) is 4.90 Å². The van der Waals surface area contributed by atoms with Crippen molar-refractivity contribution in [3.8, 4) is 0 Å². The number of sulfone groups is 1. The number of hydrogen-bond donors (Lipinski definition) is 0. The van der Waals surface area contributed by atoms with Crippen LogP contribution in [0.25, 0.3) is 10.8 Å². The summed E-state index contributed by atoms with van der Waals surface area (Å²) >= 11 is 0. The molecule has 0 unspecified atom stereocenters. The number of benzene rings is 2. The molecule has 0 heterocycles. The maximum Gasteiger partial charge on any atom is 0.350 e. The van der Waals surface area contributed by atoms with Gasteiger partial charge in [-0.1, -0.05) is 63.1 Å². The number of ether oxygens (including phenoxy) is 1. The molecule has 2 rings (SSSR count). The first kappa shape index (κ1) is 24.7. The van der Waals surface area contributed by atoms with E-state index in [9.17, 15) is 13.2 Å².